The number of guanidine groups is 1. The summed E-state index contributed by atoms with van der Waals surface area (Å²) in [7, 11) is 3.29. The highest BCUT2D eigenvalue weighted by Crippen LogP contribution is 2.09. The molecule has 0 aromatic heterocycles. The number of rotatable bonds is 5. The van der Waals surface area contributed by atoms with Crippen molar-refractivity contribution in [1.29, 1.82) is 0 Å². The molecular formula is C16H24FIN4O3. The van der Waals surface area contributed by atoms with Crippen molar-refractivity contribution in [3.8, 4) is 0 Å². The average molecular weight is 466 g/mol. The Morgan fingerprint density at radius 2 is 2.32 bits per heavy atom. The summed E-state index contributed by atoms with van der Waals surface area (Å²) in [5, 5.41) is 5.64. The number of hydrogen-bond donors (Lipinski definition) is 2. The third kappa shape index (κ3) is 7.12. The molecule has 1 unspecified atom stereocenters. The first-order valence-corrected chi connectivity index (χ1v) is 7.74. The van der Waals surface area contributed by atoms with E-state index in [2.05, 4.69) is 15.6 Å². The van der Waals surface area contributed by atoms with Crippen molar-refractivity contribution in [3.63, 3.8) is 0 Å². The molecule has 1 aromatic rings. The molecular weight excluding hydrogens is 442 g/mol. The zero-order chi connectivity index (χ0) is 17.4. The number of methoxy groups -OCH3 is 1. The number of ether oxygens (including phenoxy) is 2. The summed E-state index contributed by atoms with van der Waals surface area (Å²) < 4.78 is 23.8. The van der Waals surface area contributed by atoms with Crippen molar-refractivity contribution in [1.82, 2.24) is 10.2 Å². The third-order valence-corrected chi connectivity index (χ3v) is 3.52. The molecule has 25 heavy (non-hydrogen) atoms. The molecule has 1 saturated heterocycles. The Hall–Kier alpha value is -1.46. The lowest BCUT2D eigenvalue weighted by Gasteiger charge is -2.34. The van der Waals surface area contributed by atoms with Crippen LogP contribution in [0.5, 0.6) is 0 Å². The van der Waals surface area contributed by atoms with E-state index in [1.165, 1.54) is 12.1 Å². The van der Waals surface area contributed by atoms with Crippen molar-refractivity contribution in [2.24, 2.45) is 4.99 Å². The number of benzene rings is 1. The molecule has 1 aliphatic rings. The lowest BCUT2D eigenvalue weighted by molar-refractivity contribution is -0.115. The summed E-state index contributed by atoms with van der Waals surface area (Å²) in [5.74, 6) is -0.0497. The van der Waals surface area contributed by atoms with Gasteiger partial charge in [-0.3, -0.25) is 9.79 Å². The van der Waals surface area contributed by atoms with Gasteiger partial charge in [0.2, 0.25) is 5.91 Å². The van der Waals surface area contributed by atoms with Gasteiger partial charge in [-0.25, -0.2) is 4.39 Å². The van der Waals surface area contributed by atoms with Gasteiger partial charge < -0.3 is 25.0 Å². The smallest absolute Gasteiger partial charge is 0.243 e. The molecule has 0 aliphatic carbocycles. The molecule has 1 heterocycles. The van der Waals surface area contributed by atoms with E-state index < -0.39 is 5.82 Å². The zero-order valence-corrected chi connectivity index (χ0v) is 16.7. The van der Waals surface area contributed by atoms with Gasteiger partial charge in [0.1, 0.15) is 5.82 Å². The SMILES string of the molecule is CN=C(NCC(=O)Nc1cccc(F)c1)N1CCOC(COC)C1.I. The maximum atomic E-state index is 13.1. The summed E-state index contributed by atoms with van der Waals surface area (Å²) in [6.45, 7) is 2.44. The van der Waals surface area contributed by atoms with Crippen LogP contribution >= 0.6 is 24.0 Å². The molecule has 1 aromatic carbocycles. The van der Waals surface area contributed by atoms with Crippen LogP contribution < -0.4 is 10.6 Å². The molecule has 1 amide bonds. The summed E-state index contributed by atoms with van der Waals surface area (Å²) in [6.07, 6.45) is -0.0246. The Kier molecular flexibility index (Phi) is 9.68. The maximum Gasteiger partial charge on any atom is 0.243 e. The highest BCUT2D eigenvalue weighted by Gasteiger charge is 2.23. The summed E-state index contributed by atoms with van der Waals surface area (Å²) in [6, 6.07) is 5.77. The number of hydrogen-bond acceptors (Lipinski definition) is 4. The van der Waals surface area contributed by atoms with Crippen LogP contribution in [0, 0.1) is 5.82 Å². The standard InChI is InChI=1S/C16H23FN4O3.HI/c1-18-16(21-6-7-24-14(10-21)11-23-2)19-9-15(22)20-13-5-3-4-12(17)8-13;/h3-5,8,14H,6-7,9-11H2,1-2H3,(H,18,19)(H,20,22);1H. The first-order valence-electron chi connectivity index (χ1n) is 7.74. The van der Waals surface area contributed by atoms with E-state index >= 15 is 0 Å². The largest absolute Gasteiger partial charge is 0.382 e. The van der Waals surface area contributed by atoms with E-state index in [0.717, 1.165) is 0 Å². The Labute approximate surface area is 164 Å². The molecule has 0 saturated carbocycles. The first kappa shape index (κ1) is 21.6. The summed E-state index contributed by atoms with van der Waals surface area (Å²) >= 11 is 0. The van der Waals surface area contributed by atoms with Crippen LogP contribution in [0.2, 0.25) is 0 Å². The zero-order valence-electron chi connectivity index (χ0n) is 14.3. The van der Waals surface area contributed by atoms with Gasteiger partial charge in [0, 0.05) is 32.9 Å². The maximum absolute atomic E-state index is 13.1. The predicted octanol–water partition coefficient (Wildman–Crippen LogP) is 1.30. The Balaban J connectivity index is 0.00000312. The van der Waals surface area contributed by atoms with E-state index in [9.17, 15) is 9.18 Å². The minimum atomic E-state index is -0.394. The van der Waals surface area contributed by atoms with Crippen molar-refractivity contribution >= 4 is 41.5 Å². The second kappa shape index (κ2) is 11.2. The van der Waals surface area contributed by atoms with Crippen molar-refractivity contribution in [3.05, 3.63) is 30.1 Å². The molecule has 140 valence electrons. The molecule has 1 atom stereocenters. The van der Waals surface area contributed by atoms with Gasteiger partial charge in [-0.1, -0.05) is 6.07 Å². The second-order valence-electron chi connectivity index (χ2n) is 5.35. The molecule has 2 N–H and O–H groups in total. The summed E-state index contributed by atoms with van der Waals surface area (Å²) in [5.41, 5.74) is 0.420. The molecule has 0 bridgehead atoms. The van der Waals surface area contributed by atoms with Crippen LogP contribution in [0.3, 0.4) is 0 Å². The fourth-order valence-corrected chi connectivity index (χ4v) is 2.46. The number of amides is 1. The summed E-state index contributed by atoms with van der Waals surface area (Å²) in [4.78, 5) is 18.2. The fourth-order valence-electron chi connectivity index (χ4n) is 2.46. The molecule has 9 heteroatoms. The number of anilines is 1. The van der Waals surface area contributed by atoms with Gasteiger partial charge in [-0.15, -0.1) is 24.0 Å². The van der Waals surface area contributed by atoms with Gasteiger partial charge in [0.05, 0.1) is 25.9 Å². The van der Waals surface area contributed by atoms with Gasteiger partial charge in [0.25, 0.3) is 0 Å². The molecule has 1 fully saturated rings. The lowest BCUT2D eigenvalue weighted by Crippen LogP contribution is -2.52. The quantitative estimate of drug-likeness (QED) is 0.389. The normalized spacial score (nSPS) is 17.6. The Bertz CT molecular complexity index is 586. The first-order chi connectivity index (χ1) is 11.6. The number of aliphatic imine (C=N–C) groups is 1. The molecule has 2 rings (SSSR count). The van der Waals surface area contributed by atoms with Crippen molar-refractivity contribution < 1.29 is 18.7 Å². The Morgan fingerprint density at radius 1 is 1.52 bits per heavy atom. The minimum Gasteiger partial charge on any atom is -0.382 e. The van der Waals surface area contributed by atoms with Crippen molar-refractivity contribution in [2.45, 2.75) is 6.10 Å². The van der Waals surface area contributed by atoms with E-state index in [4.69, 9.17) is 9.47 Å². The number of halogens is 2. The monoisotopic (exact) mass is 466 g/mol. The number of nitrogens with one attached hydrogen (secondary N) is 2. The van der Waals surface area contributed by atoms with Crippen LogP contribution in [-0.2, 0) is 14.3 Å². The van der Waals surface area contributed by atoms with E-state index in [1.807, 2.05) is 4.90 Å². The van der Waals surface area contributed by atoms with Gasteiger partial charge in [-0.05, 0) is 18.2 Å². The average Bonchev–Trinajstić information content (AvgIpc) is 2.56. The Morgan fingerprint density at radius 3 is 3.00 bits per heavy atom. The third-order valence-electron chi connectivity index (χ3n) is 3.52. The van der Waals surface area contributed by atoms with Crippen LogP contribution in [-0.4, -0.2) is 69.9 Å². The minimum absolute atomic E-state index is 0. The fraction of sp³-hybridized carbons (Fsp3) is 0.500. The predicted molar refractivity (Wildman–Crippen MR) is 105 cm³/mol. The molecule has 0 spiro atoms. The highest BCUT2D eigenvalue weighted by atomic mass is 127. The van der Waals surface area contributed by atoms with Crippen LogP contribution in [0.25, 0.3) is 0 Å². The van der Waals surface area contributed by atoms with E-state index in [1.54, 1.807) is 26.3 Å². The molecule has 7 nitrogen and oxygen atoms in total. The van der Waals surface area contributed by atoms with E-state index in [-0.39, 0.29) is 42.5 Å². The highest BCUT2D eigenvalue weighted by molar-refractivity contribution is 14.0. The van der Waals surface area contributed by atoms with Gasteiger partial charge in [-0.2, -0.15) is 0 Å². The lowest BCUT2D eigenvalue weighted by atomic mass is 10.3. The van der Waals surface area contributed by atoms with E-state index in [0.29, 0.717) is 38.0 Å². The second-order valence-corrected chi connectivity index (χ2v) is 5.35. The molecule has 0 radical (unpaired) electrons. The van der Waals surface area contributed by atoms with Gasteiger partial charge >= 0.3 is 0 Å². The van der Waals surface area contributed by atoms with Crippen LogP contribution in [0.1, 0.15) is 0 Å². The van der Waals surface area contributed by atoms with Crippen LogP contribution in [0.4, 0.5) is 10.1 Å². The number of morpholine rings is 1. The number of carbonyl (C=O) groups is 1. The topological polar surface area (TPSA) is 75.2 Å². The number of carbonyl (C=O) groups excluding carboxylic acids is 1. The van der Waals surface area contributed by atoms with Gasteiger partial charge in [0.15, 0.2) is 5.96 Å². The molecule has 1 aliphatic heterocycles. The van der Waals surface area contributed by atoms with Crippen molar-refractivity contribution in [2.75, 3.05) is 52.3 Å². The van der Waals surface area contributed by atoms with Crippen LogP contribution in [0.15, 0.2) is 29.3 Å². The number of nitrogens with zero attached hydrogens (tertiary/aromatic N) is 2.